The number of nitrogens with one attached hydrogen (secondary N) is 1. The molecule has 5 nitrogen and oxygen atoms in total. The molecule has 0 aliphatic heterocycles. The molecule has 1 amide bonds. The minimum atomic E-state index is -0.0890. The Morgan fingerprint density at radius 1 is 1.53 bits per heavy atom. The van der Waals surface area contributed by atoms with Crippen molar-refractivity contribution in [3.8, 4) is 0 Å². The molecule has 6 heteroatoms. The number of hydrogen-bond acceptors (Lipinski definition) is 3. The number of carbonyl (C=O) groups is 1. The van der Waals surface area contributed by atoms with Gasteiger partial charge < -0.3 is 16.3 Å². The van der Waals surface area contributed by atoms with Crippen molar-refractivity contribution < 1.29 is 10.0 Å². The monoisotopic (exact) mass is 299 g/mol. The number of nitrogens with zero attached hydrogens (tertiary/aromatic N) is 1. The van der Waals surface area contributed by atoms with Gasteiger partial charge in [-0.1, -0.05) is 33.2 Å². The lowest BCUT2D eigenvalue weighted by molar-refractivity contribution is -0.120. The molecule has 0 aromatic heterocycles. The minimum absolute atomic E-state index is 0.0890. The van der Waals surface area contributed by atoms with Crippen molar-refractivity contribution in [1.82, 2.24) is 5.32 Å². The molecule has 0 saturated carbocycles. The molecule has 0 unspecified atom stereocenters. The fraction of sp³-hybridized carbons (Fsp3) is 0.273. The van der Waals surface area contributed by atoms with Crippen molar-refractivity contribution in [1.29, 1.82) is 0 Å². The molecule has 92 valence electrons. The maximum absolute atomic E-state index is 11.5. The summed E-state index contributed by atoms with van der Waals surface area (Å²) in [5.74, 6) is 0.0154. The zero-order valence-electron chi connectivity index (χ0n) is 9.19. The fourth-order valence-electron chi connectivity index (χ4n) is 1.27. The number of nitrogens with two attached hydrogens (primary N) is 1. The van der Waals surface area contributed by atoms with E-state index >= 15 is 0 Å². The third-order valence-electron chi connectivity index (χ3n) is 2.09. The number of amidine groups is 1. The molecule has 0 spiro atoms. The number of halogens is 1. The second-order valence-corrected chi connectivity index (χ2v) is 4.41. The summed E-state index contributed by atoms with van der Waals surface area (Å²) in [6, 6.07) is 7.56. The van der Waals surface area contributed by atoms with Crippen LogP contribution >= 0.6 is 15.9 Å². The first kappa shape index (κ1) is 13.5. The molecule has 0 atom stereocenters. The summed E-state index contributed by atoms with van der Waals surface area (Å²) in [5, 5.41) is 13.8. The Balaban J connectivity index is 2.35. The molecule has 0 fully saturated rings. The van der Waals surface area contributed by atoms with E-state index in [9.17, 15) is 4.79 Å². The first-order valence-corrected chi connectivity index (χ1v) is 5.88. The van der Waals surface area contributed by atoms with E-state index < -0.39 is 0 Å². The van der Waals surface area contributed by atoms with Crippen LogP contribution in [0.25, 0.3) is 0 Å². The largest absolute Gasteiger partial charge is 0.409 e. The second kappa shape index (κ2) is 6.90. The average Bonchev–Trinajstić information content (AvgIpc) is 2.28. The number of benzene rings is 1. The topological polar surface area (TPSA) is 87.7 Å². The lowest BCUT2D eigenvalue weighted by atomic mass is 10.1. The Labute approximate surface area is 108 Å². The van der Waals surface area contributed by atoms with Gasteiger partial charge in [-0.05, 0) is 17.7 Å². The van der Waals surface area contributed by atoms with E-state index in [1.165, 1.54) is 0 Å². The highest BCUT2D eigenvalue weighted by atomic mass is 79.9. The van der Waals surface area contributed by atoms with Gasteiger partial charge in [-0.25, -0.2) is 0 Å². The molecule has 1 aromatic rings. The van der Waals surface area contributed by atoms with Crippen LogP contribution in [0.2, 0.25) is 0 Å². The molecule has 0 aliphatic rings. The number of oxime groups is 1. The van der Waals surface area contributed by atoms with Crippen molar-refractivity contribution in [3.63, 3.8) is 0 Å². The summed E-state index contributed by atoms with van der Waals surface area (Å²) >= 11 is 3.34. The van der Waals surface area contributed by atoms with Crippen molar-refractivity contribution in [3.05, 3.63) is 34.3 Å². The van der Waals surface area contributed by atoms with Crippen LogP contribution in [0.3, 0.4) is 0 Å². The summed E-state index contributed by atoms with van der Waals surface area (Å²) in [6.45, 7) is 0.364. The molecule has 17 heavy (non-hydrogen) atoms. The van der Waals surface area contributed by atoms with Crippen LogP contribution in [0.15, 0.2) is 33.9 Å². The molecule has 1 rings (SSSR count). The van der Waals surface area contributed by atoms with Gasteiger partial charge in [0, 0.05) is 17.4 Å². The van der Waals surface area contributed by atoms with Gasteiger partial charge in [0.1, 0.15) is 5.84 Å². The van der Waals surface area contributed by atoms with Gasteiger partial charge in [0.05, 0.1) is 6.42 Å². The summed E-state index contributed by atoms with van der Waals surface area (Å²) in [7, 11) is 0. The van der Waals surface area contributed by atoms with Crippen LogP contribution in [-0.2, 0) is 11.2 Å². The predicted octanol–water partition coefficient (Wildman–Crippen LogP) is 1.24. The number of amides is 1. The Bertz CT molecular complexity index is 421. The molecule has 1 aromatic carbocycles. The highest BCUT2D eigenvalue weighted by Crippen LogP contribution is 2.11. The van der Waals surface area contributed by atoms with E-state index in [1.807, 2.05) is 24.3 Å². The van der Waals surface area contributed by atoms with E-state index in [1.54, 1.807) is 0 Å². The van der Waals surface area contributed by atoms with Gasteiger partial charge in [-0.15, -0.1) is 0 Å². The van der Waals surface area contributed by atoms with Crippen LogP contribution in [0.1, 0.15) is 12.0 Å². The third-order valence-corrected chi connectivity index (χ3v) is 2.58. The Hall–Kier alpha value is -1.56. The lowest BCUT2D eigenvalue weighted by Gasteiger charge is -2.04. The number of rotatable bonds is 5. The first-order valence-electron chi connectivity index (χ1n) is 5.09. The van der Waals surface area contributed by atoms with Crippen LogP contribution < -0.4 is 11.1 Å². The number of hydrogen-bond donors (Lipinski definition) is 3. The summed E-state index contributed by atoms with van der Waals surface area (Å²) in [5.41, 5.74) is 6.21. The predicted molar refractivity (Wildman–Crippen MR) is 68.9 cm³/mol. The second-order valence-electron chi connectivity index (χ2n) is 3.50. The van der Waals surface area contributed by atoms with Crippen molar-refractivity contribution in [2.45, 2.75) is 12.8 Å². The van der Waals surface area contributed by atoms with E-state index in [0.717, 1.165) is 10.0 Å². The van der Waals surface area contributed by atoms with Gasteiger partial charge in [-0.3, -0.25) is 4.79 Å². The Kier molecular flexibility index (Phi) is 5.48. The zero-order valence-corrected chi connectivity index (χ0v) is 10.8. The quantitative estimate of drug-likeness (QED) is 0.331. The maximum Gasteiger partial charge on any atom is 0.224 e. The normalized spacial score (nSPS) is 11.2. The number of carbonyl (C=O) groups excluding carboxylic acids is 1. The van der Waals surface area contributed by atoms with Gasteiger partial charge in [0.2, 0.25) is 5.91 Å². The summed E-state index contributed by atoms with van der Waals surface area (Å²) < 4.78 is 0.944. The fourth-order valence-corrected chi connectivity index (χ4v) is 1.72. The molecule has 0 heterocycles. The van der Waals surface area contributed by atoms with Gasteiger partial charge in [0.15, 0.2) is 0 Å². The van der Waals surface area contributed by atoms with Crippen molar-refractivity contribution in [2.75, 3.05) is 6.54 Å². The smallest absolute Gasteiger partial charge is 0.224 e. The molecule has 0 radical (unpaired) electrons. The van der Waals surface area contributed by atoms with E-state index in [-0.39, 0.29) is 11.7 Å². The summed E-state index contributed by atoms with van der Waals surface area (Å²) in [4.78, 5) is 11.5. The van der Waals surface area contributed by atoms with Crippen LogP contribution in [0.4, 0.5) is 0 Å². The van der Waals surface area contributed by atoms with E-state index in [4.69, 9.17) is 10.9 Å². The van der Waals surface area contributed by atoms with Crippen LogP contribution in [0, 0.1) is 0 Å². The van der Waals surface area contributed by atoms with Crippen LogP contribution in [0.5, 0.6) is 0 Å². The maximum atomic E-state index is 11.5. The molecular formula is C11H14BrN3O2. The van der Waals surface area contributed by atoms with E-state index in [0.29, 0.717) is 19.4 Å². The summed E-state index contributed by atoms with van der Waals surface area (Å²) in [6.07, 6.45) is 0.649. The highest BCUT2D eigenvalue weighted by Gasteiger charge is 2.03. The van der Waals surface area contributed by atoms with Crippen LogP contribution in [-0.4, -0.2) is 23.5 Å². The van der Waals surface area contributed by atoms with Crippen molar-refractivity contribution >= 4 is 27.7 Å². The molecule has 0 aliphatic carbocycles. The Morgan fingerprint density at radius 3 is 2.94 bits per heavy atom. The lowest BCUT2D eigenvalue weighted by Crippen LogP contribution is -2.29. The first-order chi connectivity index (χ1) is 8.11. The minimum Gasteiger partial charge on any atom is -0.409 e. The standard InChI is InChI=1S/C11H14BrN3O2/c12-9-3-1-2-8(6-9)7-11(16)14-5-4-10(13)15-17/h1-3,6,17H,4-5,7H2,(H2,13,15)(H,14,16). The van der Waals surface area contributed by atoms with Gasteiger partial charge >= 0.3 is 0 Å². The highest BCUT2D eigenvalue weighted by molar-refractivity contribution is 9.10. The molecule has 4 N–H and O–H groups in total. The molecule has 0 saturated heterocycles. The van der Waals surface area contributed by atoms with Gasteiger partial charge in [0.25, 0.3) is 0 Å². The third kappa shape index (κ3) is 5.35. The van der Waals surface area contributed by atoms with E-state index in [2.05, 4.69) is 26.4 Å². The molecule has 0 bridgehead atoms. The average molecular weight is 300 g/mol. The van der Waals surface area contributed by atoms with Gasteiger partial charge in [-0.2, -0.15) is 0 Å². The Morgan fingerprint density at radius 2 is 2.29 bits per heavy atom. The zero-order chi connectivity index (χ0) is 12.7. The molecular weight excluding hydrogens is 286 g/mol. The van der Waals surface area contributed by atoms with Crippen molar-refractivity contribution in [2.24, 2.45) is 10.9 Å². The SMILES string of the molecule is NC(CCNC(=O)Cc1cccc(Br)c1)=NO.